The lowest BCUT2D eigenvalue weighted by molar-refractivity contribution is -0.384. The molecule has 20 heavy (non-hydrogen) atoms. The maximum absolute atomic E-state index is 12.2. The Bertz CT molecular complexity index is 719. The molecular weight excluding hydrogens is 258 g/mol. The molecule has 6 heteroatoms. The Labute approximate surface area is 114 Å². The van der Waals surface area contributed by atoms with Crippen LogP contribution in [0.5, 0.6) is 0 Å². The van der Waals surface area contributed by atoms with E-state index in [2.05, 4.69) is 5.32 Å². The summed E-state index contributed by atoms with van der Waals surface area (Å²) < 4.78 is 1.77. The van der Waals surface area contributed by atoms with Crippen molar-refractivity contribution >= 4 is 17.1 Å². The van der Waals surface area contributed by atoms with Gasteiger partial charge in [0.05, 0.1) is 4.92 Å². The first-order chi connectivity index (χ1) is 9.65. The van der Waals surface area contributed by atoms with Gasteiger partial charge in [0, 0.05) is 30.1 Å². The molecule has 102 valence electrons. The summed E-state index contributed by atoms with van der Waals surface area (Å²) in [7, 11) is 0. The molecule has 0 radical (unpaired) electrons. The van der Waals surface area contributed by atoms with Crippen LogP contribution in [-0.2, 0) is 13.0 Å². The molecule has 0 unspecified atom stereocenters. The number of fused-ring (bicyclic) bond motifs is 1. The van der Waals surface area contributed by atoms with Crippen molar-refractivity contribution in [3.05, 3.63) is 62.6 Å². The second-order valence-corrected chi connectivity index (χ2v) is 4.73. The van der Waals surface area contributed by atoms with Gasteiger partial charge < -0.3 is 9.88 Å². The monoisotopic (exact) mass is 271 g/mol. The minimum absolute atomic E-state index is 0.0289. The molecular formula is C14H13N3O3. The zero-order valence-electron chi connectivity index (χ0n) is 10.7. The fourth-order valence-electron chi connectivity index (χ4n) is 2.42. The van der Waals surface area contributed by atoms with Crippen molar-refractivity contribution in [2.24, 2.45) is 0 Å². The van der Waals surface area contributed by atoms with E-state index in [-0.39, 0.29) is 11.2 Å². The highest BCUT2D eigenvalue weighted by Gasteiger charge is 2.14. The van der Waals surface area contributed by atoms with Crippen LogP contribution in [0.15, 0.2) is 41.2 Å². The van der Waals surface area contributed by atoms with E-state index in [1.807, 2.05) is 6.07 Å². The van der Waals surface area contributed by atoms with Gasteiger partial charge in [-0.05, 0) is 37.1 Å². The number of nitro groups is 1. The molecule has 3 rings (SSSR count). The van der Waals surface area contributed by atoms with Crippen LogP contribution in [0.3, 0.4) is 0 Å². The van der Waals surface area contributed by atoms with Crippen molar-refractivity contribution < 1.29 is 4.92 Å². The van der Waals surface area contributed by atoms with Crippen molar-refractivity contribution in [3.8, 4) is 0 Å². The van der Waals surface area contributed by atoms with Crippen molar-refractivity contribution in [1.29, 1.82) is 0 Å². The topological polar surface area (TPSA) is 77.2 Å². The smallest absolute Gasteiger partial charge is 0.274 e. The van der Waals surface area contributed by atoms with Gasteiger partial charge in [-0.2, -0.15) is 0 Å². The van der Waals surface area contributed by atoms with Gasteiger partial charge >= 0.3 is 0 Å². The Morgan fingerprint density at radius 2 is 1.90 bits per heavy atom. The van der Waals surface area contributed by atoms with E-state index in [0.29, 0.717) is 11.4 Å². The summed E-state index contributed by atoms with van der Waals surface area (Å²) >= 11 is 0. The second kappa shape index (κ2) is 4.80. The summed E-state index contributed by atoms with van der Waals surface area (Å²) in [5, 5.41) is 13.6. The molecule has 0 atom stereocenters. The van der Waals surface area contributed by atoms with E-state index in [4.69, 9.17) is 0 Å². The van der Waals surface area contributed by atoms with Crippen LogP contribution in [0.25, 0.3) is 0 Å². The molecule has 1 aromatic heterocycles. The molecule has 1 aromatic carbocycles. The van der Waals surface area contributed by atoms with Crippen LogP contribution in [0.1, 0.15) is 12.1 Å². The molecule has 1 N–H and O–H groups in total. The third-order valence-electron chi connectivity index (χ3n) is 3.44. The Hall–Kier alpha value is -2.63. The molecule has 2 heterocycles. The summed E-state index contributed by atoms with van der Waals surface area (Å²) in [6, 6.07) is 9.72. The van der Waals surface area contributed by atoms with Crippen molar-refractivity contribution in [2.75, 3.05) is 5.32 Å². The number of anilines is 2. The number of benzene rings is 1. The van der Waals surface area contributed by atoms with Gasteiger partial charge in [-0.1, -0.05) is 0 Å². The maximum Gasteiger partial charge on any atom is 0.274 e. The van der Waals surface area contributed by atoms with Crippen molar-refractivity contribution in [1.82, 2.24) is 4.57 Å². The standard InChI is InChI=1S/C14H13N3O3/c18-14-13(8-7-11-2-1-9-16(11)14)15-10-3-5-12(6-4-10)17(19)20/h3-8,15H,1-2,9H2. The summed E-state index contributed by atoms with van der Waals surface area (Å²) in [4.78, 5) is 22.4. The number of rotatable bonds is 3. The number of hydrogen-bond donors (Lipinski definition) is 1. The van der Waals surface area contributed by atoms with Gasteiger partial charge in [-0.3, -0.25) is 14.9 Å². The van der Waals surface area contributed by atoms with E-state index in [0.717, 1.165) is 25.1 Å². The molecule has 1 aliphatic rings. The first-order valence-corrected chi connectivity index (χ1v) is 6.39. The third kappa shape index (κ3) is 2.16. The maximum atomic E-state index is 12.2. The molecule has 0 aliphatic carbocycles. The van der Waals surface area contributed by atoms with Crippen LogP contribution in [0.4, 0.5) is 17.1 Å². The highest BCUT2D eigenvalue weighted by Crippen LogP contribution is 2.20. The van der Waals surface area contributed by atoms with Gasteiger partial charge in [-0.15, -0.1) is 0 Å². The molecule has 1 aliphatic heterocycles. The third-order valence-corrected chi connectivity index (χ3v) is 3.44. The van der Waals surface area contributed by atoms with Crippen molar-refractivity contribution in [3.63, 3.8) is 0 Å². The first-order valence-electron chi connectivity index (χ1n) is 6.39. The number of nitro benzene ring substituents is 1. The Balaban J connectivity index is 1.88. The molecule has 0 fully saturated rings. The van der Waals surface area contributed by atoms with Crippen LogP contribution in [-0.4, -0.2) is 9.49 Å². The number of nitrogens with one attached hydrogen (secondary N) is 1. The van der Waals surface area contributed by atoms with Gasteiger partial charge in [0.15, 0.2) is 0 Å². The first kappa shape index (κ1) is 12.4. The summed E-state index contributed by atoms with van der Waals surface area (Å²) in [6.45, 7) is 0.754. The van der Waals surface area contributed by atoms with Gasteiger partial charge in [0.1, 0.15) is 5.69 Å². The van der Waals surface area contributed by atoms with Crippen LogP contribution in [0, 0.1) is 10.1 Å². The lowest BCUT2D eigenvalue weighted by atomic mass is 10.2. The molecule has 6 nitrogen and oxygen atoms in total. The molecule has 0 spiro atoms. The zero-order chi connectivity index (χ0) is 14.1. The number of pyridine rings is 1. The molecule has 2 aromatic rings. The number of aryl methyl sites for hydroxylation is 1. The average molecular weight is 271 g/mol. The fraction of sp³-hybridized carbons (Fsp3) is 0.214. The largest absolute Gasteiger partial charge is 0.351 e. The van der Waals surface area contributed by atoms with E-state index in [1.165, 1.54) is 12.1 Å². The molecule has 0 saturated heterocycles. The number of aromatic nitrogens is 1. The summed E-state index contributed by atoms with van der Waals surface area (Å²) in [6.07, 6.45) is 1.93. The van der Waals surface area contributed by atoms with Crippen molar-refractivity contribution in [2.45, 2.75) is 19.4 Å². The minimum atomic E-state index is -0.450. The van der Waals surface area contributed by atoms with Crippen LogP contribution in [0.2, 0.25) is 0 Å². The van der Waals surface area contributed by atoms with E-state index in [1.54, 1.807) is 22.8 Å². The zero-order valence-corrected chi connectivity index (χ0v) is 10.7. The normalized spacial score (nSPS) is 13.0. The Morgan fingerprint density at radius 3 is 2.60 bits per heavy atom. The lowest BCUT2D eigenvalue weighted by Gasteiger charge is -2.09. The van der Waals surface area contributed by atoms with Crippen LogP contribution < -0.4 is 10.9 Å². The predicted octanol–water partition coefficient (Wildman–Crippen LogP) is 2.45. The number of hydrogen-bond acceptors (Lipinski definition) is 4. The Kier molecular flexibility index (Phi) is 2.98. The van der Waals surface area contributed by atoms with Gasteiger partial charge in [0.2, 0.25) is 0 Å². The highest BCUT2D eigenvalue weighted by atomic mass is 16.6. The minimum Gasteiger partial charge on any atom is -0.351 e. The van der Waals surface area contributed by atoms with E-state index < -0.39 is 4.92 Å². The molecule has 0 bridgehead atoms. The van der Waals surface area contributed by atoms with E-state index in [9.17, 15) is 14.9 Å². The number of nitrogens with zero attached hydrogens (tertiary/aromatic N) is 2. The quantitative estimate of drug-likeness (QED) is 0.687. The fourth-order valence-corrected chi connectivity index (χ4v) is 2.42. The van der Waals surface area contributed by atoms with E-state index >= 15 is 0 Å². The molecule has 0 amide bonds. The summed E-state index contributed by atoms with van der Waals surface area (Å²) in [5.41, 5.74) is 2.19. The number of non-ortho nitro benzene ring substituents is 1. The summed E-state index contributed by atoms with van der Waals surface area (Å²) in [5.74, 6) is 0. The van der Waals surface area contributed by atoms with Crippen LogP contribution >= 0.6 is 0 Å². The molecule has 0 saturated carbocycles. The SMILES string of the molecule is O=c1c(Nc2ccc([N+](=O)[O-])cc2)ccc2n1CCC2. The predicted molar refractivity (Wildman–Crippen MR) is 75.4 cm³/mol. The van der Waals surface area contributed by atoms with Gasteiger partial charge in [0.25, 0.3) is 11.2 Å². The average Bonchev–Trinajstić information content (AvgIpc) is 2.92. The second-order valence-electron chi connectivity index (χ2n) is 4.73. The lowest BCUT2D eigenvalue weighted by Crippen LogP contribution is -2.21. The Morgan fingerprint density at radius 1 is 1.15 bits per heavy atom. The van der Waals surface area contributed by atoms with Gasteiger partial charge in [-0.25, -0.2) is 0 Å². The highest BCUT2D eigenvalue weighted by molar-refractivity contribution is 5.60.